The van der Waals surface area contributed by atoms with Gasteiger partial charge in [0.25, 0.3) is 0 Å². The Morgan fingerprint density at radius 3 is 2.88 bits per heavy atom. The third kappa shape index (κ3) is 2.81. The topological polar surface area (TPSA) is 76.6 Å². The van der Waals surface area contributed by atoms with Crippen LogP contribution >= 0.6 is 11.3 Å². The number of benzene rings is 1. The molecule has 1 aromatic heterocycles. The number of carbonyl (C=O) groups excluding carboxylic acids is 1. The maximum absolute atomic E-state index is 13.9. The minimum Gasteiger partial charge on any atom is -0.494 e. The molecule has 2 saturated heterocycles. The van der Waals surface area contributed by atoms with Crippen molar-refractivity contribution >= 4 is 32.2 Å². The van der Waals surface area contributed by atoms with Crippen LogP contribution in [0.4, 0.5) is 9.52 Å². The molecule has 0 saturated carbocycles. The number of methoxy groups -OCH3 is 1. The second-order valence-corrected chi connectivity index (χ2v) is 9.23. The van der Waals surface area contributed by atoms with Crippen molar-refractivity contribution < 1.29 is 22.3 Å². The van der Waals surface area contributed by atoms with E-state index < -0.39 is 15.7 Å². The number of rotatable bonds is 3. The van der Waals surface area contributed by atoms with Crippen LogP contribution in [0.15, 0.2) is 23.6 Å². The predicted octanol–water partition coefficient (Wildman–Crippen LogP) is 2.11. The molecule has 0 unspecified atom stereocenters. The highest BCUT2D eigenvalue weighted by atomic mass is 32.2. The first-order chi connectivity index (χ1) is 11.9. The van der Waals surface area contributed by atoms with Crippen LogP contribution in [0.1, 0.15) is 6.42 Å². The van der Waals surface area contributed by atoms with E-state index >= 15 is 0 Å². The monoisotopic (exact) mass is 382 g/mol. The first kappa shape index (κ1) is 16.5. The van der Waals surface area contributed by atoms with Crippen LogP contribution in [0.2, 0.25) is 0 Å². The first-order valence-electron chi connectivity index (χ1n) is 7.70. The van der Waals surface area contributed by atoms with Crippen LogP contribution in [0, 0.1) is 11.7 Å². The minimum atomic E-state index is -3.11. The Labute approximate surface area is 148 Å². The van der Waals surface area contributed by atoms with E-state index in [-0.39, 0.29) is 41.5 Å². The van der Waals surface area contributed by atoms with Gasteiger partial charge in [-0.15, -0.1) is 11.3 Å². The summed E-state index contributed by atoms with van der Waals surface area (Å²) >= 11 is 1.26. The largest absolute Gasteiger partial charge is 0.494 e. The fourth-order valence-electron chi connectivity index (χ4n) is 3.47. The maximum Gasteiger partial charge on any atom is 0.229 e. The number of carbonyl (C=O) groups is 1. The van der Waals surface area contributed by atoms with Crippen LogP contribution in [-0.2, 0) is 14.6 Å². The number of nitrogens with zero attached hydrogens (tertiary/aromatic N) is 2. The summed E-state index contributed by atoms with van der Waals surface area (Å²) < 4.78 is 42.5. The second-order valence-electron chi connectivity index (χ2n) is 6.24. The highest BCUT2D eigenvalue weighted by molar-refractivity contribution is 7.91. The van der Waals surface area contributed by atoms with E-state index in [2.05, 4.69) is 4.98 Å². The molecule has 132 valence electrons. The van der Waals surface area contributed by atoms with Gasteiger partial charge < -0.3 is 4.74 Å². The van der Waals surface area contributed by atoms with Gasteiger partial charge in [-0.05, 0) is 18.2 Å². The van der Waals surface area contributed by atoms with E-state index in [9.17, 15) is 17.6 Å². The summed E-state index contributed by atoms with van der Waals surface area (Å²) in [6.07, 6.45) is 0.232. The summed E-state index contributed by atoms with van der Waals surface area (Å²) in [7, 11) is -1.72. The molecule has 25 heavy (non-hydrogen) atoms. The van der Waals surface area contributed by atoms with Crippen LogP contribution < -0.4 is 9.64 Å². The number of hydrogen-bond acceptors (Lipinski definition) is 6. The van der Waals surface area contributed by atoms with Gasteiger partial charge in [-0.2, -0.15) is 0 Å². The van der Waals surface area contributed by atoms with Crippen LogP contribution in [0.3, 0.4) is 0 Å². The summed E-state index contributed by atoms with van der Waals surface area (Å²) in [6, 6.07) is 4.19. The summed E-state index contributed by atoms with van der Waals surface area (Å²) in [5.74, 6) is -0.575. The van der Waals surface area contributed by atoms with Crippen molar-refractivity contribution in [2.75, 3.05) is 23.5 Å². The molecule has 0 radical (unpaired) electrons. The Morgan fingerprint density at radius 1 is 1.36 bits per heavy atom. The van der Waals surface area contributed by atoms with Crippen molar-refractivity contribution in [3.63, 3.8) is 0 Å². The van der Waals surface area contributed by atoms with Crippen LogP contribution in [0.5, 0.6) is 5.75 Å². The number of ether oxygens (including phenoxy) is 1. The number of fused-ring (bicyclic) bond motifs is 1. The minimum absolute atomic E-state index is 0.0184. The molecule has 3 heterocycles. The number of amides is 1. The maximum atomic E-state index is 13.9. The lowest BCUT2D eigenvalue weighted by molar-refractivity contribution is -0.117. The molecule has 2 fully saturated rings. The van der Waals surface area contributed by atoms with Gasteiger partial charge in [-0.3, -0.25) is 9.69 Å². The third-order valence-corrected chi connectivity index (χ3v) is 7.25. The molecule has 0 spiro atoms. The molecule has 0 aliphatic carbocycles. The highest BCUT2D eigenvalue weighted by Crippen LogP contribution is 2.39. The molecule has 4 rings (SSSR count). The average Bonchev–Trinajstić information content (AvgIpc) is 3.19. The van der Waals surface area contributed by atoms with Gasteiger partial charge in [-0.1, -0.05) is 0 Å². The fourth-order valence-corrected chi connectivity index (χ4v) is 6.45. The van der Waals surface area contributed by atoms with E-state index in [0.717, 1.165) is 0 Å². The Balaban J connectivity index is 1.65. The van der Waals surface area contributed by atoms with Gasteiger partial charge in [0, 0.05) is 23.3 Å². The van der Waals surface area contributed by atoms with Gasteiger partial charge >= 0.3 is 0 Å². The van der Waals surface area contributed by atoms with Gasteiger partial charge in [0.1, 0.15) is 0 Å². The first-order valence-corrected chi connectivity index (χ1v) is 10.4. The Bertz CT molecular complexity index is 957. The van der Waals surface area contributed by atoms with Crippen LogP contribution in [-0.4, -0.2) is 44.0 Å². The highest BCUT2D eigenvalue weighted by Gasteiger charge is 2.50. The van der Waals surface area contributed by atoms with Crippen molar-refractivity contribution in [1.82, 2.24) is 4.98 Å². The standard InChI is InChI=1S/C16H15FN2O4S2/c1-23-14-3-2-9(4-11(14)17)12-6-24-16(18-12)19-13-8-25(21,22)7-10(13)5-15(19)20/h2-4,6,10,13H,5,7-8H2,1H3/t10-,13+/m0/s1. The van der Waals surface area contributed by atoms with Crippen LogP contribution in [0.25, 0.3) is 11.3 Å². The molecular weight excluding hydrogens is 367 g/mol. The molecule has 2 aromatic rings. The number of thiazole rings is 1. The molecule has 2 aliphatic heterocycles. The molecule has 9 heteroatoms. The predicted molar refractivity (Wildman–Crippen MR) is 92.1 cm³/mol. The number of sulfone groups is 1. The van der Waals surface area contributed by atoms with Gasteiger partial charge in [0.05, 0.1) is 30.4 Å². The number of hydrogen-bond donors (Lipinski definition) is 0. The second kappa shape index (κ2) is 5.77. The normalized spacial score (nSPS) is 24.6. The average molecular weight is 382 g/mol. The summed E-state index contributed by atoms with van der Waals surface area (Å²) in [5.41, 5.74) is 1.11. The quantitative estimate of drug-likeness (QED) is 0.813. The molecule has 1 aromatic carbocycles. The lowest BCUT2D eigenvalue weighted by Crippen LogP contribution is -2.36. The van der Waals surface area contributed by atoms with Crippen molar-refractivity contribution in [3.8, 4) is 17.0 Å². The number of aromatic nitrogens is 1. The zero-order valence-corrected chi connectivity index (χ0v) is 14.9. The van der Waals surface area contributed by atoms with Gasteiger partial charge in [0.2, 0.25) is 5.91 Å². The SMILES string of the molecule is COc1ccc(-c2csc(N3C(=O)C[C@H]4CS(=O)(=O)C[C@H]43)n2)cc1F. The van der Waals surface area contributed by atoms with E-state index in [0.29, 0.717) is 16.4 Å². The van der Waals surface area contributed by atoms with E-state index in [1.807, 2.05) is 0 Å². The summed E-state index contributed by atoms with van der Waals surface area (Å²) in [5, 5.41) is 2.20. The smallest absolute Gasteiger partial charge is 0.229 e. The zero-order chi connectivity index (χ0) is 17.8. The summed E-state index contributed by atoms with van der Waals surface area (Å²) in [4.78, 5) is 18.2. The molecule has 6 nitrogen and oxygen atoms in total. The van der Waals surface area contributed by atoms with Crippen molar-refractivity contribution in [1.29, 1.82) is 0 Å². The van der Waals surface area contributed by atoms with E-state index in [1.54, 1.807) is 11.4 Å². The zero-order valence-electron chi connectivity index (χ0n) is 13.3. The lowest BCUT2D eigenvalue weighted by Gasteiger charge is -2.19. The van der Waals surface area contributed by atoms with E-state index in [4.69, 9.17) is 4.74 Å². The Morgan fingerprint density at radius 2 is 2.16 bits per heavy atom. The third-order valence-electron chi connectivity index (χ3n) is 4.62. The molecule has 0 bridgehead atoms. The lowest BCUT2D eigenvalue weighted by atomic mass is 10.1. The van der Waals surface area contributed by atoms with Crippen molar-refractivity contribution in [3.05, 3.63) is 29.4 Å². The molecular formula is C16H15FN2O4S2. The van der Waals surface area contributed by atoms with E-state index in [1.165, 1.54) is 35.5 Å². The number of halogens is 1. The Kier molecular flexibility index (Phi) is 3.80. The summed E-state index contributed by atoms with van der Waals surface area (Å²) in [6.45, 7) is 0. The number of anilines is 1. The Hall–Kier alpha value is -2.00. The molecule has 2 atom stereocenters. The molecule has 1 amide bonds. The van der Waals surface area contributed by atoms with Crippen molar-refractivity contribution in [2.24, 2.45) is 5.92 Å². The van der Waals surface area contributed by atoms with Crippen molar-refractivity contribution in [2.45, 2.75) is 12.5 Å². The van der Waals surface area contributed by atoms with Gasteiger partial charge in [-0.25, -0.2) is 17.8 Å². The molecule has 0 N–H and O–H groups in total. The van der Waals surface area contributed by atoms with Gasteiger partial charge in [0.15, 0.2) is 26.5 Å². The fraction of sp³-hybridized carbons (Fsp3) is 0.375. The molecule has 2 aliphatic rings.